The van der Waals surface area contributed by atoms with Crippen LogP contribution in [0.4, 0.5) is 4.39 Å². The van der Waals surface area contributed by atoms with Gasteiger partial charge in [0.15, 0.2) is 0 Å². The number of rotatable bonds is 6. The van der Waals surface area contributed by atoms with E-state index in [-0.39, 0.29) is 11.9 Å². The van der Waals surface area contributed by atoms with Gasteiger partial charge in [-0.2, -0.15) is 0 Å². The van der Waals surface area contributed by atoms with Gasteiger partial charge >= 0.3 is 0 Å². The lowest BCUT2D eigenvalue weighted by Crippen LogP contribution is -2.24. The highest BCUT2D eigenvalue weighted by molar-refractivity contribution is 9.10. The Morgan fingerprint density at radius 3 is 2.70 bits per heavy atom. The fourth-order valence-corrected chi connectivity index (χ4v) is 4.20. The normalized spacial score (nSPS) is 12.6. The fourth-order valence-electron chi connectivity index (χ4n) is 2.20. The largest absolute Gasteiger partial charge is 0.309 e. The molecule has 1 unspecified atom stereocenters. The van der Waals surface area contributed by atoms with Crippen LogP contribution in [-0.2, 0) is 6.42 Å². The highest BCUT2D eigenvalue weighted by Crippen LogP contribution is 2.34. The molecule has 20 heavy (non-hydrogen) atoms. The van der Waals surface area contributed by atoms with E-state index < -0.39 is 0 Å². The summed E-state index contributed by atoms with van der Waals surface area (Å²) in [6, 6.07) is 9.30. The van der Waals surface area contributed by atoms with Crippen LogP contribution in [0.2, 0.25) is 0 Å². The van der Waals surface area contributed by atoms with Gasteiger partial charge in [0, 0.05) is 20.3 Å². The molecule has 0 aliphatic rings. The van der Waals surface area contributed by atoms with E-state index in [1.807, 2.05) is 12.1 Å². The second-order valence-corrected chi connectivity index (χ2v) is 7.01. The third-order valence-electron chi connectivity index (χ3n) is 3.18. The third-order valence-corrected chi connectivity index (χ3v) is 5.26. The Labute approximate surface area is 132 Å². The molecule has 0 bridgehead atoms. The lowest BCUT2D eigenvalue weighted by atomic mass is 10.0. The molecule has 0 saturated carbocycles. The first kappa shape index (κ1) is 15.7. The number of nitrogens with one attached hydrogen (secondary N) is 1. The van der Waals surface area contributed by atoms with Crippen molar-refractivity contribution in [2.45, 2.75) is 32.7 Å². The van der Waals surface area contributed by atoms with Crippen molar-refractivity contribution < 1.29 is 4.39 Å². The molecule has 0 fully saturated rings. The molecule has 1 heterocycles. The summed E-state index contributed by atoms with van der Waals surface area (Å²) >= 11 is 5.38. The smallest absolute Gasteiger partial charge is 0.126 e. The van der Waals surface area contributed by atoms with Gasteiger partial charge in [0.2, 0.25) is 0 Å². The Morgan fingerprint density at radius 1 is 1.35 bits per heavy atom. The van der Waals surface area contributed by atoms with Crippen LogP contribution in [0.5, 0.6) is 0 Å². The SMILES string of the molecule is CCCNC(Cc1ccccc1F)c1sc(C)cc1Br. The van der Waals surface area contributed by atoms with Gasteiger partial charge in [-0.05, 0) is 59.9 Å². The van der Waals surface area contributed by atoms with Crippen LogP contribution in [-0.4, -0.2) is 6.54 Å². The number of hydrogen-bond donors (Lipinski definition) is 1. The third kappa shape index (κ3) is 3.90. The maximum absolute atomic E-state index is 13.9. The summed E-state index contributed by atoms with van der Waals surface area (Å²) in [7, 11) is 0. The van der Waals surface area contributed by atoms with Crippen molar-refractivity contribution in [2.75, 3.05) is 6.54 Å². The summed E-state index contributed by atoms with van der Waals surface area (Å²) in [6.45, 7) is 5.17. The fraction of sp³-hybridized carbons (Fsp3) is 0.375. The topological polar surface area (TPSA) is 12.0 Å². The van der Waals surface area contributed by atoms with Crippen molar-refractivity contribution in [1.82, 2.24) is 5.32 Å². The van der Waals surface area contributed by atoms with Gasteiger partial charge in [-0.15, -0.1) is 11.3 Å². The number of halogens is 2. The number of benzene rings is 1. The Morgan fingerprint density at radius 2 is 2.10 bits per heavy atom. The summed E-state index contributed by atoms with van der Waals surface area (Å²) < 4.78 is 15.0. The molecule has 1 aromatic carbocycles. The Hall–Kier alpha value is -0.710. The maximum atomic E-state index is 13.9. The van der Waals surface area contributed by atoms with E-state index >= 15 is 0 Å². The van der Waals surface area contributed by atoms with Gasteiger partial charge in [0.25, 0.3) is 0 Å². The van der Waals surface area contributed by atoms with E-state index in [4.69, 9.17) is 0 Å². The molecule has 2 rings (SSSR count). The molecule has 1 nitrogen and oxygen atoms in total. The molecule has 108 valence electrons. The zero-order chi connectivity index (χ0) is 14.5. The molecule has 0 aliphatic heterocycles. The average molecular weight is 356 g/mol. The molecule has 2 aromatic rings. The highest BCUT2D eigenvalue weighted by atomic mass is 79.9. The summed E-state index contributed by atoms with van der Waals surface area (Å²) in [5.74, 6) is -0.125. The molecular formula is C16H19BrFNS. The summed E-state index contributed by atoms with van der Waals surface area (Å²) in [5, 5.41) is 3.53. The van der Waals surface area contributed by atoms with Gasteiger partial charge in [-0.25, -0.2) is 4.39 Å². The van der Waals surface area contributed by atoms with Crippen molar-refractivity contribution in [1.29, 1.82) is 0 Å². The predicted octanol–water partition coefficient (Wildman–Crippen LogP) is 5.24. The molecule has 1 N–H and O–H groups in total. The monoisotopic (exact) mass is 355 g/mol. The first-order chi connectivity index (χ1) is 9.61. The van der Waals surface area contributed by atoms with Crippen molar-refractivity contribution in [3.63, 3.8) is 0 Å². The summed E-state index contributed by atoms with van der Waals surface area (Å²) in [5.41, 5.74) is 0.763. The molecule has 0 saturated heterocycles. The van der Waals surface area contributed by atoms with Crippen LogP contribution in [0.1, 0.15) is 34.7 Å². The lowest BCUT2D eigenvalue weighted by Gasteiger charge is -2.18. The van der Waals surface area contributed by atoms with Crippen LogP contribution < -0.4 is 5.32 Å². The van der Waals surface area contributed by atoms with E-state index in [2.05, 4.69) is 41.2 Å². The Balaban J connectivity index is 2.24. The minimum absolute atomic E-state index is 0.125. The zero-order valence-electron chi connectivity index (χ0n) is 11.7. The van der Waals surface area contributed by atoms with Gasteiger partial charge in [0.1, 0.15) is 5.82 Å². The van der Waals surface area contributed by atoms with Crippen molar-refractivity contribution in [3.8, 4) is 0 Å². The number of hydrogen-bond acceptors (Lipinski definition) is 2. The zero-order valence-corrected chi connectivity index (χ0v) is 14.2. The highest BCUT2D eigenvalue weighted by Gasteiger charge is 2.18. The number of thiophene rings is 1. The minimum Gasteiger partial charge on any atom is -0.309 e. The lowest BCUT2D eigenvalue weighted by molar-refractivity contribution is 0.518. The molecular weight excluding hydrogens is 337 g/mol. The predicted molar refractivity (Wildman–Crippen MR) is 87.9 cm³/mol. The molecule has 1 aromatic heterocycles. The van der Waals surface area contributed by atoms with Crippen LogP contribution in [0.15, 0.2) is 34.8 Å². The second kappa shape index (κ2) is 7.34. The van der Waals surface area contributed by atoms with E-state index in [0.717, 1.165) is 23.0 Å². The number of aryl methyl sites for hydroxylation is 1. The van der Waals surface area contributed by atoms with E-state index in [1.165, 1.54) is 15.8 Å². The second-order valence-electron chi connectivity index (χ2n) is 4.87. The average Bonchev–Trinajstić information content (AvgIpc) is 2.75. The Kier molecular flexibility index (Phi) is 5.75. The molecule has 4 heteroatoms. The van der Waals surface area contributed by atoms with E-state index in [9.17, 15) is 4.39 Å². The molecule has 0 spiro atoms. The molecule has 0 amide bonds. The van der Waals surface area contributed by atoms with Crippen LogP contribution in [0, 0.1) is 12.7 Å². The van der Waals surface area contributed by atoms with Crippen molar-refractivity contribution in [2.24, 2.45) is 0 Å². The molecule has 1 atom stereocenters. The molecule has 0 radical (unpaired) electrons. The van der Waals surface area contributed by atoms with Gasteiger partial charge in [-0.3, -0.25) is 0 Å². The van der Waals surface area contributed by atoms with E-state index in [0.29, 0.717) is 6.42 Å². The first-order valence-corrected chi connectivity index (χ1v) is 8.45. The summed E-state index contributed by atoms with van der Waals surface area (Å²) in [6.07, 6.45) is 1.74. The van der Waals surface area contributed by atoms with Crippen LogP contribution >= 0.6 is 27.3 Å². The standard InChI is InChI=1S/C16H19BrFNS/c1-3-8-19-15(16-13(17)9-11(2)20-16)10-12-6-4-5-7-14(12)18/h4-7,9,15,19H,3,8,10H2,1-2H3. The van der Waals surface area contributed by atoms with Crippen LogP contribution in [0.25, 0.3) is 0 Å². The van der Waals surface area contributed by atoms with Gasteiger partial charge < -0.3 is 5.32 Å². The van der Waals surface area contributed by atoms with E-state index in [1.54, 1.807) is 17.4 Å². The van der Waals surface area contributed by atoms with Crippen LogP contribution in [0.3, 0.4) is 0 Å². The molecule has 0 aliphatic carbocycles. The Bertz CT molecular complexity index is 567. The summed E-state index contributed by atoms with van der Waals surface area (Å²) in [4.78, 5) is 2.52. The minimum atomic E-state index is -0.125. The maximum Gasteiger partial charge on any atom is 0.126 e. The van der Waals surface area contributed by atoms with Gasteiger partial charge in [-0.1, -0.05) is 25.1 Å². The quantitative estimate of drug-likeness (QED) is 0.746. The van der Waals surface area contributed by atoms with Crippen molar-refractivity contribution >= 4 is 27.3 Å². The van der Waals surface area contributed by atoms with Gasteiger partial charge in [0.05, 0.1) is 0 Å². The first-order valence-electron chi connectivity index (χ1n) is 6.84. The van der Waals surface area contributed by atoms with Crippen molar-refractivity contribution in [3.05, 3.63) is 55.9 Å².